The van der Waals surface area contributed by atoms with Gasteiger partial charge in [0.05, 0.1) is 20.3 Å². The van der Waals surface area contributed by atoms with Gasteiger partial charge in [-0.05, 0) is 23.6 Å². The van der Waals surface area contributed by atoms with E-state index in [0.29, 0.717) is 25.0 Å². The normalized spacial score (nSPS) is 16.5. The lowest BCUT2D eigenvalue weighted by Gasteiger charge is -2.37. The molecular weight excluding hydrogens is 318 g/mol. The number of morpholine rings is 1. The van der Waals surface area contributed by atoms with Gasteiger partial charge in [0, 0.05) is 39.3 Å². The SMILES string of the molecule is COc1cccc(CN(C)C(=O)NCC(C(C)C)N2CCOCC2)c1. The number of hydrogen-bond donors (Lipinski definition) is 1. The molecule has 1 aromatic rings. The fourth-order valence-electron chi connectivity index (χ4n) is 3.14. The highest BCUT2D eigenvalue weighted by molar-refractivity contribution is 5.73. The number of hydrogen-bond acceptors (Lipinski definition) is 4. The van der Waals surface area contributed by atoms with E-state index >= 15 is 0 Å². The van der Waals surface area contributed by atoms with E-state index in [1.807, 2.05) is 31.3 Å². The third kappa shape index (κ3) is 5.90. The summed E-state index contributed by atoms with van der Waals surface area (Å²) >= 11 is 0. The van der Waals surface area contributed by atoms with E-state index in [1.54, 1.807) is 12.0 Å². The molecule has 1 unspecified atom stereocenters. The van der Waals surface area contributed by atoms with E-state index < -0.39 is 0 Å². The molecule has 1 saturated heterocycles. The summed E-state index contributed by atoms with van der Waals surface area (Å²) in [4.78, 5) is 16.6. The maximum atomic E-state index is 12.5. The van der Waals surface area contributed by atoms with E-state index in [2.05, 4.69) is 24.1 Å². The van der Waals surface area contributed by atoms with Crippen molar-refractivity contribution < 1.29 is 14.3 Å². The summed E-state index contributed by atoms with van der Waals surface area (Å²) in [7, 11) is 3.46. The van der Waals surface area contributed by atoms with Crippen molar-refractivity contribution in [3.8, 4) is 5.75 Å². The van der Waals surface area contributed by atoms with Gasteiger partial charge >= 0.3 is 6.03 Å². The molecule has 2 rings (SSSR count). The standard InChI is InChI=1S/C19H31N3O3/c1-15(2)18(22-8-10-25-11-9-22)13-20-19(23)21(3)14-16-6-5-7-17(12-16)24-4/h5-7,12,15,18H,8-11,13-14H2,1-4H3,(H,20,23). The average molecular weight is 349 g/mol. The fraction of sp³-hybridized carbons (Fsp3) is 0.632. The second-order valence-corrected chi connectivity index (χ2v) is 6.85. The molecule has 1 N–H and O–H groups in total. The molecule has 0 spiro atoms. The quantitative estimate of drug-likeness (QED) is 0.820. The molecule has 140 valence electrons. The minimum Gasteiger partial charge on any atom is -0.497 e. The van der Waals surface area contributed by atoms with Crippen LogP contribution in [0.5, 0.6) is 5.75 Å². The second kappa shape index (κ2) is 9.63. The first-order chi connectivity index (χ1) is 12.0. The molecule has 1 aromatic carbocycles. The van der Waals surface area contributed by atoms with E-state index in [1.165, 1.54) is 0 Å². The van der Waals surface area contributed by atoms with Crippen LogP contribution in [0.4, 0.5) is 4.79 Å². The van der Waals surface area contributed by atoms with Crippen LogP contribution in [0.1, 0.15) is 19.4 Å². The lowest BCUT2D eigenvalue weighted by Crippen LogP contribution is -2.52. The van der Waals surface area contributed by atoms with Crippen LogP contribution in [0.15, 0.2) is 24.3 Å². The van der Waals surface area contributed by atoms with Gasteiger partial charge in [0.1, 0.15) is 5.75 Å². The Kier molecular flexibility index (Phi) is 7.52. The minimum absolute atomic E-state index is 0.0540. The number of rotatable bonds is 7. The van der Waals surface area contributed by atoms with Gasteiger partial charge in [-0.1, -0.05) is 26.0 Å². The van der Waals surface area contributed by atoms with E-state index in [0.717, 1.165) is 37.6 Å². The van der Waals surface area contributed by atoms with Crippen LogP contribution >= 0.6 is 0 Å². The summed E-state index contributed by atoms with van der Waals surface area (Å²) in [5.41, 5.74) is 1.05. The van der Waals surface area contributed by atoms with Crippen molar-refractivity contribution in [3.63, 3.8) is 0 Å². The first-order valence-corrected chi connectivity index (χ1v) is 8.95. The molecule has 0 radical (unpaired) electrons. The average Bonchev–Trinajstić information content (AvgIpc) is 2.62. The van der Waals surface area contributed by atoms with Crippen LogP contribution < -0.4 is 10.1 Å². The van der Waals surface area contributed by atoms with Gasteiger partial charge in [0.2, 0.25) is 0 Å². The number of benzene rings is 1. The Hall–Kier alpha value is -1.79. The fourth-order valence-corrected chi connectivity index (χ4v) is 3.14. The molecule has 0 aromatic heterocycles. The van der Waals surface area contributed by atoms with Crippen molar-refractivity contribution in [2.24, 2.45) is 5.92 Å². The molecule has 0 saturated carbocycles. The molecule has 0 bridgehead atoms. The Morgan fingerprint density at radius 2 is 2.08 bits per heavy atom. The summed E-state index contributed by atoms with van der Waals surface area (Å²) in [6.45, 7) is 9.00. The molecule has 6 heteroatoms. The zero-order chi connectivity index (χ0) is 18.2. The van der Waals surface area contributed by atoms with Crippen molar-refractivity contribution in [2.75, 3.05) is 47.0 Å². The molecule has 1 aliphatic rings. The van der Waals surface area contributed by atoms with Crippen molar-refractivity contribution >= 4 is 6.03 Å². The molecule has 1 aliphatic heterocycles. The number of methoxy groups -OCH3 is 1. The third-order valence-electron chi connectivity index (χ3n) is 4.65. The van der Waals surface area contributed by atoms with Gasteiger partial charge in [-0.2, -0.15) is 0 Å². The number of ether oxygens (including phenoxy) is 2. The van der Waals surface area contributed by atoms with E-state index in [9.17, 15) is 4.79 Å². The van der Waals surface area contributed by atoms with Gasteiger partial charge < -0.3 is 19.7 Å². The van der Waals surface area contributed by atoms with Gasteiger partial charge in [0.25, 0.3) is 0 Å². The summed E-state index contributed by atoms with van der Waals surface area (Å²) in [5, 5.41) is 3.08. The van der Waals surface area contributed by atoms with Crippen LogP contribution in [0.25, 0.3) is 0 Å². The highest BCUT2D eigenvalue weighted by Gasteiger charge is 2.24. The third-order valence-corrected chi connectivity index (χ3v) is 4.65. The van der Waals surface area contributed by atoms with Crippen LogP contribution in [0, 0.1) is 5.92 Å². The number of amides is 2. The smallest absolute Gasteiger partial charge is 0.317 e. The lowest BCUT2D eigenvalue weighted by molar-refractivity contribution is 0.00697. The molecule has 1 atom stereocenters. The number of carbonyl (C=O) groups excluding carboxylic acids is 1. The molecule has 25 heavy (non-hydrogen) atoms. The Morgan fingerprint density at radius 1 is 1.36 bits per heavy atom. The highest BCUT2D eigenvalue weighted by atomic mass is 16.5. The predicted molar refractivity (Wildman–Crippen MR) is 98.9 cm³/mol. The van der Waals surface area contributed by atoms with Crippen LogP contribution in [0.3, 0.4) is 0 Å². The van der Waals surface area contributed by atoms with Gasteiger partial charge in [0.15, 0.2) is 0 Å². The van der Waals surface area contributed by atoms with E-state index in [4.69, 9.17) is 9.47 Å². The first-order valence-electron chi connectivity index (χ1n) is 8.95. The zero-order valence-electron chi connectivity index (χ0n) is 15.8. The van der Waals surface area contributed by atoms with Crippen molar-refractivity contribution in [3.05, 3.63) is 29.8 Å². The molecule has 1 heterocycles. The summed E-state index contributed by atoms with van der Waals surface area (Å²) < 4.78 is 10.7. The molecular formula is C19H31N3O3. The summed E-state index contributed by atoms with van der Waals surface area (Å²) in [5.74, 6) is 1.28. The van der Waals surface area contributed by atoms with Crippen LogP contribution in [-0.2, 0) is 11.3 Å². The molecule has 2 amide bonds. The maximum absolute atomic E-state index is 12.5. The second-order valence-electron chi connectivity index (χ2n) is 6.85. The number of nitrogens with one attached hydrogen (secondary N) is 1. The summed E-state index contributed by atoms with van der Waals surface area (Å²) in [6.07, 6.45) is 0. The highest BCUT2D eigenvalue weighted by Crippen LogP contribution is 2.15. The van der Waals surface area contributed by atoms with Crippen molar-refractivity contribution in [1.29, 1.82) is 0 Å². The van der Waals surface area contributed by atoms with E-state index in [-0.39, 0.29) is 6.03 Å². The number of nitrogens with zero attached hydrogens (tertiary/aromatic N) is 2. The monoisotopic (exact) mass is 349 g/mol. The largest absolute Gasteiger partial charge is 0.497 e. The van der Waals surface area contributed by atoms with Crippen molar-refractivity contribution in [1.82, 2.24) is 15.1 Å². The summed E-state index contributed by atoms with van der Waals surface area (Å²) in [6, 6.07) is 8.07. The molecule has 1 fully saturated rings. The maximum Gasteiger partial charge on any atom is 0.317 e. The lowest BCUT2D eigenvalue weighted by atomic mass is 10.0. The predicted octanol–water partition coefficient (Wildman–Crippen LogP) is 2.19. The zero-order valence-corrected chi connectivity index (χ0v) is 15.8. The Morgan fingerprint density at radius 3 is 2.72 bits per heavy atom. The topological polar surface area (TPSA) is 54.0 Å². The van der Waals surface area contributed by atoms with Crippen LogP contribution in [-0.4, -0.2) is 68.9 Å². The Labute approximate surface area is 151 Å². The Balaban J connectivity index is 1.86. The number of carbonyl (C=O) groups is 1. The number of urea groups is 1. The molecule has 6 nitrogen and oxygen atoms in total. The van der Waals surface area contributed by atoms with Gasteiger partial charge in [-0.3, -0.25) is 4.90 Å². The minimum atomic E-state index is -0.0540. The van der Waals surface area contributed by atoms with Crippen LogP contribution in [0.2, 0.25) is 0 Å². The first kappa shape index (κ1) is 19.5. The Bertz CT molecular complexity index is 544. The van der Waals surface area contributed by atoms with Crippen molar-refractivity contribution in [2.45, 2.75) is 26.4 Å². The van der Waals surface area contributed by atoms with Gasteiger partial charge in [-0.15, -0.1) is 0 Å². The molecule has 0 aliphatic carbocycles. The van der Waals surface area contributed by atoms with Gasteiger partial charge in [-0.25, -0.2) is 4.79 Å².